The van der Waals surface area contributed by atoms with E-state index in [0.717, 1.165) is 11.3 Å². The molecule has 0 bridgehead atoms. The second-order valence-electron chi connectivity index (χ2n) is 3.74. The van der Waals surface area contributed by atoms with E-state index < -0.39 is 0 Å². The van der Waals surface area contributed by atoms with Crippen LogP contribution >= 0.6 is 0 Å². The summed E-state index contributed by atoms with van der Waals surface area (Å²) in [5.74, 6) is 0.902. The van der Waals surface area contributed by atoms with Gasteiger partial charge in [-0.3, -0.25) is 0 Å². The van der Waals surface area contributed by atoms with E-state index in [0.29, 0.717) is 0 Å². The Morgan fingerprint density at radius 2 is 1.81 bits per heavy atom. The second-order valence-corrected chi connectivity index (χ2v) is 3.74. The van der Waals surface area contributed by atoms with Crippen LogP contribution in [0.5, 0.6) is 5.75 Å². The Morgan fingerprint density at radius 3 is 2.69 bits per heavy atom. The van der Waals surface area contributed by atoms with Gasteiger partial charge in [-0.15, -0.1) is 0 Å². The first kappa shape index (κ1) is 9.16. The first-order valence-corrected chi connectivity index (χ1v) is 5.26. The molecule has 3 rings (SSSR count). The van der Waals surface area contributed by atoms with Crippen molar-refractivity contribution in [2.75, 3.05) is 7.11 Å². The predicted octanol–water partition coefficient (Wildman–Crippen LogP) is 2.59. The molecule has 0 saturated heterocycles. The zero-order valence-electron chi connectivity index (χ0n) is 9.05. The molecule has 2 aromatic heterocycles. The van der Waals surface area contributed by atoms with Gasteiger partial charge in [0.2, 0.25) is 0 Å². The van der Waals surface area contributed by atoms with Gasteiger partial charge in [0.25, 0.3) is 5.52 Å². The van der Waals surface area contributed by atoms with E-state index in [1.165, 1.54) is 10.8 Å². The van der Waals surface area contributed by atoms with E-state index in [1.807, 2.05) is 24.4 Å². The van der Waals surface area contributed by atoms with Crippen molar-refractivity contribution in [3.63, 3.8) is 0 Å². The number of hydrogen-bond donors (Lipinski definition) is 0. The van der Waals surface area contributed by atoms with Crippen LogP contribution in [-0.2, 0) is 0 Å². The fourth-order valence-electron chi connectivity index (χ4n) is 2.08. The van der Waals surface area contributed by atoms with Crippen LogP contribution < -0.4 is 9.14 Å². The van der Waals surface area contributed by atoms with Gasteiger partial charge in [-0.25, -0.2) is 0 Å². The Balaban J connectivity index is 2.57. The molecule has 3 aromatic rings. The molecule has 0 aliphatic rings. The second kappa shape index (κ2) is 3.49. The van der Waals surface area contributed by atoms with Crippen LogP contribution in [-0.4, -0.2) is 7.11 Å². The topological polar surface area (TPSA) is 13.3 Å². The number of benzene rings is 1. The molecule has 2 heterocycles. The van der Waals surface area contributed by atoms with Crippen LogP contribution in [0.3, 0.4) is 0 Å². The molecule has 0 amide bonds. The molecule has 2 heteroatoms. The Bertz CT molecular complexity index is 661. The number of fused-ring (bicyclic) bond motifs is 3. The molecule has 1 aromatic carbocycles. The summed E-state index contributed by atoms with van der Waals surface area (Å²) in [7, 11) is 1.71. The van der Waals surface area contributed by atoms with Crippen LogP contribution in [0.4, 0.5) is 0 Å². The van der Waals surface area contributed by atoms with Crippen molar-refractivity contribution >= 4 is 16.3 Å². The lowest BCUT2D eigenvalue weighted by atomic mass is 10.1. The van der Waals surface area contributed by atoms with Gasteiger partial charge in [-0.1, -0.05) is 18.2 Å². The smallest absolute Gasteiger partial charge is 0.260 e. The quantitative estimate of drug-likeness (QED) is 0.444. The zero-order valence-corrected chi connectivity index (χ0v) is 9.05. The Morgan fingerprint density at radius 1 is 0.938 bits per heavy atom. The lowest BCUT2D eigenvalue weighted by Crippen LogP contribution is -2.20. The van der Waals surface area contributed by atoms with E-state index in [9.17, 15) is 0 Å². The molecule has 2 nitrogen and oxygen atoms in total. The van der Waals surface area contributed by atoms with E-state index >= 15 is 0 Å². The lowest BCUT2D eigenvalue weighted by molar-refractivity contribution is -0.511. The van der Waals surface area contributed by atoms with Crippen LogP contribution in [0.1, 0.15) is 0 Å². The summed E-state index contributed by atoms with van der Waals surface area (Å²) in [5.41, 5.74) is 1.11. The molecular weight excluding hydrogens is 198 g/mol. The van der Waals surface area contributed by atoms with Crippen LogP contribution in [0.15, 0.2) is 54.9 Å². The van der Waals surface area contributed by atoms with Crippen LogP contribution in [0.25, 0.3) is 16.3 Å². The van der Waals surface area contributed by atoms with Gasteiger partial charge in [-0.05, 0) is 17.5 Å². The van der Waals surface area contributed by atoms with Crippen molar-refractivity contribution in [3.8, 4) is 5.75 Å². The third kappa shape index (κ3) is 1.23. The highest BCUT2D eigenvalue weighted by Crippen LogP contribution is 2.23. The molecule has 0 radical (unpaired) electrons. The highest BCUT2D eigenvalue weighted by atomic mass is 16.5. The minimum Gasteiger partial charge on any atom is -0.490 e. The minimum atomic E-state index is 0.902. The molecule has 0 aliphatic heterocycles. The normalized spacial score (nSPS) is 10.8. The zero-order chi connectivity index (χ0) is 11.0. The lowest BCUT2D eigenvalue weighted by Gasteiger charge is -2.02. The van der Waals surface area contributed by atoms with Gasteiger partial charge in [0.05, 0.1) is 12.5 Å². The van der Waals surface area contributed by atoms with E-state index in [1.54, 1.807) is 7.11 Å². The number of ether oxygens (including phenoxy) is 1. The summed E-state index contributed by atoms with van der Waals surface area (Å²) in [6.45, 7) is 0. The molecular formula is C14H12NO+. The van der Waals surface area contributed by atoms with Crippen molar-refractivity contribution in [2.24, 2.45) is 0 Å². The standard InChI is InChI=1S/C14H12NO/c1-16-13-7-4-9-15-10-8-11-5-2-3-6-12(11)14(13)15/h2-10H,1H3/q+1. The van der Waals surface area contributed by atoms with E-state index in [-0.39, 0.29) is 0 Å². The highest BCUT2D eigenvalue weighted by Gasteiger charge is 2.12. The molecule has 0 aliphatic carbocycles. The molecule has 78 valence electrons. The maximum absolute atomic E-state index is 5.41. The monoisotopic (exact) mass is 210 g/mol. The van der Waals surface area contributed by atoms with Crippen molar-refractivity contribution in [2.45, 2.75) is 0 Å². The summed E-state index contributed by atoms with van der Waals surface area (Å²) in [5, 5.41) is 2.44. The van der Waals surface area contributed by atoms with Gasteiger partial charge in [0.15, 0.2) is 18.1 Å². The summed E-state index contributed by atoms with van der Waals surface area (Å²) < 4.78 is 7.50. The summed E-state index contributed by atoms with van der Waals surface area (Å²) in [6.07, 6.45) is 4.09. The first-order chi connectivity index (χ1) is 7.90. The highest BCUT2D eigenvalue weighted by molar-refractivity contribution is 5.96. The fraction of sp³-hybridized carbons (Fsp3) is 0.0714. The molecule has 0 fully saturated rings. The Hall–Kier alpha value is -2.09. The van der Waals surface area contributed by atoms with Crippen molar-refractivity contribution in [1.29, 1.82) is 0 Å². The third-order valence-corrected chi connectivity index (χ3v) is 2.84. The number of aromatic nitrogens is 1. The minimum absolute atomic E-state index is 0.902. The number of pyridine rings is 2. The maximum Gasteiger partial charge on any atom is 0.260 e. The van der Waals surface area contributed by atoms with Crippen molar-refractivity contribution in [1.82, 2.24) is 0 Å². The van der Waals surface area contributed by atoms with Crippen LogP contribution in [0.2, 0.25) is 0 Å². The largest absolute Gasteiger partial charge is 0.490 e. The molecule has 0 atom stereocenters. The van der Waals surface area contributed by atoms with Gasteiger partial charge < -0.3 is 4.74 Å². The van der Waals surface area contributed by atoms with Gasteiger partial charge in [0, 0.05) is 12.1 Å². The Kier molecular flexibility index (Phi) is 2.00. The van der Waals surface area contributed by atoms with Gasteiger partial charge >= 0.3 is 0 Å². The van der Waals surface area contributed by atoms with E-state index in [4.69, 9.17) is 4.74 Å². The van der Waals surface area contributed by atoms with Crippen LogP contribution in [0, 0.1) is 0 Å². The Labute approximate surface area is 93.7 Å². The van der Waals surface area contributed by atoms with Crippen molar-refractivity contribution < 1.29 is 9.14 Å². The molecule has 0 saturated carbocycles. The summed E-state index contributed by atoms with van der Waals surface area (Å²) in [4.78, 5) is 0. The number of methoxy groups -OCH3 is 1. The van der Waals surface area contributed by atoms with E-state index in [2.05, 4.69) is 34.9 Å². The first-order valence-electron chi connectivity index (χ1n) is 5.26. The predicted molar refractivity (Wildman–Crippen MR) is 63.7 cm³/mol. The summed E-state index contributed by atoms with van der Waals surface area (Å²) >= 11 is 0. The summed E-state index contributed by atoms with van der Waals surface area (Å²) in [6, 6.07) is 14.4. The average molecular weight is 210 g/mol. The molecule has 0 unspecified atom stereocenters. The molecule has 0 N–H and O–H groups in total. The van der Waals surface area contributed by atoms with Gasteiger partial charge in [0.1, 0.15) is 0 Å². The number of rotatable bonds is 1. The molecule has 16 heavy (non-hydrogen) atoms. The third-order valence-electron chi connectivity index (χ3n) is 2.84. The molecule has 0 spiro atoms. The van der Waals surface area contributed by atoms with Gasteiger partial charge in [-0.2, -0.15) is 4.40 Å². The number of hydrogen-bond acceptors (Lipinski definition) is 1. The number of nitrogens with zero attached hydrogens (tertiary/aromatic N) is 1. The maximum atomic E-state index is 5.41. The SMILES string of the molecule is COc1ccc[n+]2ccc3ccccc3c12. The fourth-order valence-corrected chi connectivity index (χ4v) is 2.08. The average Bonchev–Trinajstić information content (AvgIpc) is 2.37. The van der Waals surface area contributed by atoms with Crippen molar-refractivity contribution in [3.05, 3.63) is 54.9 Å².